The number of aliphatic hydroxyl groups excluding tert-OH is 1. The van der Waals surface area contributed by atoms with E-state index in [-0.39, 0.29) is 24.9 Å². The monoisotopic (exact) mass is 463 g/mol. The van der Waals surface area contributed by atoms with E-state index in [2.05, 4.69) is 15.3 Å². The van der Waals surface area contributed by atoms with Gasteiger partial charge in [0.05, 0.1) is 44.0 Å². The lowest BCUT2D eigenvalue weighted by Gasteiger charge is -2.23. The molecule has 0 bridgehead atoms. The van der Waals surface area contributed by atoms with Crippen LogP contribution in [-0.4, -0.2) is 51.7 Å². The molecule has 34 heavy (non-hydrogen) atoms. The summed E-state index contributed by atoms with van der Waals surface area (Å²) in [5.41, 5.74) is 3.56. The molecular weight excluding hydrogens is 437 g/mol. The Morgan fingerprint density at radius 2 is 2.03 bits per heavy atom. The van der Waals surface area contributed by atoms with Crippen LogP contribution >= 0.6 is 0 Å². The maximum atomic E-state index is 13.4. The van der Waals surface area contributed by atoms with E-state index in [1.165, 1.54) is 17.0 Å². The van der Waals surface area contributed by atoms with Gasteiger partial charge in [0.1, 0.15) is 17.3 Å². The van der Waals surface area contributed by atoms with Crippen molar-refractivity contribution in [2.24, 2.45) is 4.99 Å². The third-order valence-corrected chi connectivity index (χ3v) is 5.53. The summed E-state index contributed by atoms with van der Waals surface area (Å²) in [4.78, 5) is 23.4. The summed E-state index contributed by atoms with van der Waals surface area (Å²) in [5.74, 6) is 0.337. The van der Waals surface area contributed by atoms with Crippen LogP contribution in [0.15, 0.2) is 65.7 Å². The lowest BCUT2D eigenvalue weighted by atomic mass is 10.1. The number of carbonyl (C=O) groups is 1. The maximum absolute atomic E-state index is 13.4. The first-order chi connectivity index (χ1) is 16.4. The molecule has 1 atom stereocenters. The molecule has 2 N–H and O–H groups in total. The lowest BCUT2D eigenvalue weighted by molar-refractivity contribution is -0.123. The number of guanidine groups is 1. The molecule has 8 nitrogen and oxygen atoms in total. The number of aliphatic imine (C=N–C) groups is 1. The van der Waals surface area contributed by atoms with Gasteiger partial charge in [0.15, 0.2) is 0 Å². The van der Waals surface area contributed by atoms with Crippen molar-refractivity contribution in [1.82, 2.24) is 19.8 Å². The molecule has 1 amide bonds. The van der Waals surface area contributed by atoms with Crippen molar-refractivity contribution < 1.29 is 19.0 Å². The zero-order valence-electron chi connectivity index (χ0n) is 19.2. The lowest BCUT2D eigenvalue weighted by Crippen LogP contribution is -2.35. The highest BCUT2D eigenvalue weighted by molar-refractivity contribution is 6.15. The molecule has 1 fully saturated rings. The van der Waals surface area contributed by atoms with Crippen molar-refractivity contribution >= 4 is 17.9 Å². The molecule has 9 heteroatoms. The molecule has 0 spiro atoms. The Balaban J connectivity index is 1.66. The highest BCUT2D eigenvalue weighted by Gasteiger charge is 2.36. The quantitative estimate of drug-likeness (QED) is 0.525. The van der Waals surface area contributed by atoms with Gasteiger partial charge in [-0.3, -0.25) is 14.7 Å². The van der Waals surface area contributed by atoms with Crippen molar-refractivity contribution in [2.75, 3.05) is 20.3 Å². The highest BCUT2D eigenvalue weighted by Crippen LogP contribution is 2.29. The second-order valence-electron chi connectivity index (χ2n) is 7.87. The van der Waals surface area contributed by atoms with E-state index in [0.717, 1.165) is 22.5 Å². The molecule has 1 aliphatic heterocycles. The van der Waals surface area contributed by atoms with Crippen LogP contribution in [0.5, 0.6) is 5.75 Å². The smallest absolute Gasteiger partial charge is 0.277 e. The SMILES string of the molecule is COc1cc(C=C2NC(=NCCO)N([C@@H](C)c3ccc(F)cc3)C2=O)ccc1-n1cnc(C)c1. The minimum atomic E-state index is -0.398. The Bertz CT molecular complexity index is 1250. The maximum Gasteiger partial charge on any atom is 0.277 e. The second kappa shape index (κ2) is 9.88. The predicted octanol–water partition coefficient (Wildman–Crippen LogP) is 3.21. The van der Waals surface area contributed by atoms with Gasteiger partial charge in [-0.2, -0.15) is 0 Å². The third kappa shape index (κ3) is 4.69. The Morgan fingerprint density at radius 3 is 2.68 bits per heavy atom. The van der Waals surface area contributed by atoms with Crippen molar-refractivity contribution in [3.8, 4) is 11.4 Å². The van der Waals surface area contributed by atoms with Crippen molar-refractivity contribution in [2.45, 2.75) is 19.9 Å². The van der Waals surface area contributed by atoms with Crippen molar-refractivity contribution in [3.05, 3.63) is 83.3 Å². The van der Waals surface area contributed by atoms with E-state index in [1.807, 2.05) is 42.8 Å². The number of hydrogen-bond donors (Lipinski definition) is 2. The summed E-state index contributed by atoms with van der Waals surface area (Å²) in [6.07, 6.45) is 5.34. The van der Waals surface area contributed by atoms with Gasteiger partial charge in [0, 0.05) is 6.20 Å². The molecule has 0 saturated carbocycles. The Hall–Kier alpha value is -3.98. The molecule has 3 aromatic rings. The Labute approximate surface area is 197 Å². The number of hydrogen-bond acceptors (Lipinski definition) is 5. The number of nitrogens with zero attached hydrogens (tertiary/aromatic N) is 4. The van der Waals surface area contributed by atoms with E-state index in [0.29, 0.717) is 17.4 Å². The number of ether oxygens (including phenoxy) is 1. The molecule has 4 rings (SSSR count). The largest absolute Gasteiger partial charge is 0.495 e. The molecule has 1 saturated heterocycles. The van der Waals surface area contributed by atoms with Crippen LogP contribution in [0.1, 0.15) is 29.8 Å². The molecule has 2 aromatic carbocycles. The molecule has 176 valence electrons. The molecule has 0 radical (unpaired) electrons. The normalized spacial score (nSPS) is 16.9. The van der Waals surface area contributed by atoms with Crippen molar-refractivity contribution in [3.63, 3.8) is 0 Å². The van der Waals surface area contributed by atoms with Gasteiger partial charge in [-0.25, -0.2) is 9.37 Å². The average molecular weight is 464 g/mol. The highest BCUT2D eigenvalue weighted by atomic mass is 19.1. The van der Waals surface area contributed by atoms with E-state index >= 15 is 0 Å². The fourth-order valence-electron chi connectivity index (χ4n) is 3.80. The van der Waals surface area contributed by atoms with E-state index < -0.39 is 6.04 Å². The number of halogens is 1. The molecule has 0 aliphatic carbocycles. The van der Waals surface area contributed by atoms with Gasteiger partial charge in [-0.1, -0.05) is 18.2 Å². The first kappa shape index (κ1) is 23.2. The number of aryl methyl sites for hydroxylation is 1. The molecule has 1 aliphatic rings. The fraction of sp³-hybridized carbons (Fsp3) is 0.240. The Morgan fingerprint density at radius 1 is 1.26 bits per heavy atom. The summed E-state index contributed by atoms with van der Waals surface area (Å²) in [6, 6.07) is 11.2. The summed E-state index contributed by atoms with van der Waals surface area (Å²) < 4.78 is 20.8. The number of amides is 1. The van der Waals surface area contributed by atoms with Crippen LogP contribution in [0.2, 0.25) is 0 Å². The first-order valence-electron chi connectivity index (χ1n) is 10.8. The van der Waals surface area contributed by atoms with E-state index in [9.17, 15) is 14.3 Å². The summed E-state index contributed by atoms with van der Waals surface area (Å²) >= 11 is 0. The van der Waals surface area contributed by atoms with E-state index in [1.54, 1.807) is 31.6 Å². The number of nitrogens with one attached hydrogen (secondary N) is 1. The number of benzene rings is 2. The topological polar surface area (TPSA) is 92.0 Å². The van der Waals surface area contributed by atoms with Gasteiger partial charge in [-0.05, 0) is 55.3 Å². The minimum absolute atomic E-state index is 0.141. The van der Waals surface area contributed by atoms with E-state index in [4.69, 9.17) is 4.74 Å². The van der Waals surface area contributed by atoms with Gasteiger partial charge in [0.25, 0.3) is 5.91 Å². The minimum Gasteiger partial charge on any atom is -0.495 e. The van der Waals surface area contributed by atoms with Gasteiger partial charge in [0.2, 0.25) is 5.96 Å². The first-order valence-corrected chi connectivity index (χ1v) is 10.8. The number of aliphatic hydroxyl groups is 1. The van der Waals surface area contributed by atoms with Crippen molar-refractivity contribution in [1.29, 1.82) is 0 Å². The number of rotatable bonds is 7. The standard InChI is InChI=1S/C25H26FN5O3/c1-16-14-30(15-28-16)22-9-4-18(13-23(22)34-3)12-21-24(33)31(25(29-21)27-10-11-32)17(2)19-5-7-20(26)8-6-19/h4-9,12-15,17,32H,10-11H2,1-3H3,(H,27,29)/t17-/m0/s1. The summed E-state index contributed by atoms with van der Waals surface area (Å²) in [5, 5.41) is 12.3. The van der Waals surface area contributed by atoms with Crippen LogP contribution in [0.25, 0.3) is 11.8 Å². The van der Waals surface area contributed by atoms with Gasteiger partial charge >= 0.3 is 0 Å². The molecular formula is C25H26FN5O3. The number of aromatic nitrogens is 2. The number of methoxy groups -OCH3 is 1. The zero-order chi connectivity index (χ0) is 24.2. The average Bonchev–Trinajstić information content (AvgIpc) is 3.40. The summed E-state index contributed by atoms with van der Waals surface area (Å²) in [7, 11) is 1.59. The fourth-order valence-corrected chi connectivity index (χ4v) is 3.80. The van der Waals surface area contributed by atoms with Crippen LogP contribution < -0.4 is 10.1 Å². The van der Waals surface area contributed by atoms with Crippen LogP contribution in [0.4, 0.5) is 4.39 Å². The number of imidazole rings is 1. The zero-order valence-corrected chi connectivity index (χ0v) is 19.2. The second-order valence-corrected chi connectivity index (χ2v) is 7.87. The molecule has 2 heterocycles. The van der Waals surface area contributed by atoms with Crippen LogP contribution in [-0.2, 0) is 4.79 Å². The number of carbonyl (C=O) groups excluding carboxylic acids is 1. The Kier molecular flexibility index (Phi) is 6.74. The third-order valence-electron chi connectivity index (χ3n) is 5.53. The van der Waals surface area contributed by atoms with Crippen LogP contribution in [0, 0.1) is 12.7 Å². The summed E-state index contributed by atoms with van der Waals surface area (Å²) in [6.45, 7) is 3.74. The van der Waals surface area contributed by atoms with Gasteiger partial charge in [-0.15, -0.1) is 0 Å². The molecule has 1 aromatic heterocycles. The van der Waals surface area contributed by atoms with Crippen LogP contribution in [0.3, 0.4) is 0 Å². The van der Waals surface area contributed by atoms with Gasteiger partial charge < -0.3 is 19.7 Å². The molecule has 0 unspecified atom stereocenters. The predicted molar refractivity (Wildman–Crippen MR) is 127 cm³/mol.